The Labute approximate surface area is 233 Å². The van der Waals surface area contributed by atoms with Crippen LogP contribution < -0.4 is 10.2 Å². The number of halogens is 1. The van der Waals surface area contributed by atoms with Crippen molar-refractivity contribution in [3.05, 3.63) is 94.0 Å². The molecule has 9 heteroatoms. The summed E-state index contributed by atoms with van der Waals surface area (Å²) in [6.45, 7) is 6.26. The van der Waals surface area contributed by atoms with E-state index in [1.54, 1.807) is 41.3 Å². The Hall–Kier alpha value is -3.88. The summed E-state index contributed by atoms with van der Waals surface area (Å²) in [5, 5.41) is 3.24. The molecule has 2 heterocycles. The van der Waals surface area contributed by atoms with Crippen LogP contribution in [0, 0.1) is 6.92 Å². The molecule has 2 aliphatic rings. The second-order valence-electron chi connectivity index (χ2n) is 9.72. The molecule has 1 N–H and O–H groups in total. The summed E-state index contributed by atoms with van der Waals surface area (Å²) in [7, 11) is 0. The lowest BCUT2D eigenvalue weighted by Gasteiger charge is -2.37. The Balaban J connectivity index is 1.36. The first-order valence-corrected chi connectivity index (χ1v) is 13.5. The van der Waals surface area contributed by atoms with Crippen LogP contribution in [0.25, 0.3) is 0 Å². The number of amides is 3. The van der Waals surface area contributed by atoms with Gasteiger partial charge in [0.1, 0.15) is 0 Å². The second-order valence-corrected chi connectivity index (χ2v) is 10.1. The van der Waals surface area contributed by atoms with Crippen LogP contribution in [-0.2, 0) is 4.74 Å². The van der Waals surface area contributed by atoms with Gasteiger partial charge in [-0.3, -0.25) is 14.4 Å². The lowest BCUT2D eigenvalue weighted by Crippen LogP contribution is -2.49. The van der Waals surface area contributed by atoms with Crippen LogP contribution >= 0.6 is 11.6 Å². The standard InChI is InChI=1S/C30H31ClN4O4/c1-21-6-8-22(9-7-21)29(37)34-14-12-33(13-15-34)27-11-10-23(32-28(36)24-4-2-3-5-26(24)31)20-25(27)30(38)35-16-18-39-19-17-35/h2-11,20H,12-19H2,1H3,(H,32,36). The number of nitrogens with one attached hydrogen (secondary N) is 1. The van der Waals surface area contributed by atoms with Crippen LogP contribution in [0.2, 0.25) is 5.02 Å². The van der Waals surface area contributed by atoms with Gasteiger partial charge in [-0.05, 0) is 49.4 Å². The van der Waals surface area contributed by atoms with E-state index in [1.165, 1.54) is 0 Å². The van der Waals surface area contributed by atoms with E-state index in [1.807, 2.05) is 42.2 Å². The van der Waals surface area contributed by atoms with Crippen molar-refractivity contribution < 1.29 is 19.1 Å². The minimum atomic E-state index is -0.346. The van der Waals surface area contributed by atoms with Gasteiger partial charge < -0.3 is 24.8 Å². The molecular formula is C30H31ClN4O4. The van der Waals surface area contributed by atoms with E-state index in [9.17, 15) is 14.4 Å². The summed E-state index contributed by atoms with van der Waals surface area (Å²) >= 11 is 6.21. The largest absolute Gasteiger partial charge is 0.378 e. The first kappa shape index (κ1) is 26.7. The SMILES string of the molecule is Cc1ccc(C(=O)N2CCN(c3ccc(NC(=O)c4ccccc4Cl)cc3C(=O)N3CCOCC3)CC2)cc1. The van der Waals surface area contributed by atoms with Gasteiger partial charge in [0.2, 0.25) is 0 Å². The number of morpholine rings is 1. The molecule has 0 spiro atoms. The number of piperazine rings is 1. The van der Waals surface area contributed by atoms with Crippen molar-refractivity contribution in [1.29, 1.82) is 0 Å². The molecule has 3 amide bonds. The fraction of sp³-hybridized carbons (Fsp3) is 0.300. The zero-order valence-corrected chi connectivity index (χ0v) is 22.6. The predicted octanol–water partition coefficient (Wildman–Crippen LogP) is 4.34. The Bertz CT molecular complexity index is 1360. The Kier molecular flexibility index (Phi) is 8.14. The summed E-state index contributed by atoms with van der Waals surface area (Å²) in [6, 6.07) is 19.8. The maximum absolute atomic E-state index is 13.7. The highest BCUT2D eigenvalue weighted by atomic mass is 35.5. The van der Waals surface area contributed by atoms with Gasteiger partial charge in [0, 0.05) is 56.2 Å². The van der Waals surface area contributed by atoms with Crippen LogP contribution in [0.15, 0.2) is 66.7 Å². The average Bonchev–Trinajstić information content (AvgIpc) is 2.97. The molecule has 0 radical (unpaired) electrons. The highest BCUT2D eigenvalue weighted by Crippen LogP contribution is 2.28. The maximum atomic E-state index is 13.7. The molecule has 0 saturated carbocycles. The normalized spacial score (nSPS) is 15.7. The molecule has 5 rings (SSSR count). The number of nitrogens with zero attached hydrogens (tertiary/aromatic N) is 3. The third kappa shape index (κ3) is 6.08. The number of anilines is 2. The van der Waals surface area contributed by atoms with Crippen LogP contribution in [0.4, 0.5) is 11.4 Å². The molecule has 0 aliphatic carbocycles. The number of hydrogen-bond donors (Lipinski definition) is 1. The average molecular weight is 547 g/mol. The molecule has 8 nitrogen and oxygen atoms in total. The molecule has 202 valence electrons. The fourth-order valence-corrected chi connectivity index (χ4v) is 5.09. The van der Waals surface area contributed by atoms with Crippen molar-refractivity contribution in [3.8, 4) is 0 Å². The van der Waals surface area contributed by atoms with Gasteiger partial charge in [-0.1, -0.05) is 41.4 Å². The molecule has 0 bridgehead atoms. The second kappa shape index (κ2) is 11.9. The first-order chi connectivity index (χ1) is 18.9. The number of hydrogen-bond acceptors (Lipinski definition) is 5. The monoisotopic (exact) mass is 546 g/mol. The highest BCUT2D eigenvalue weighted by Gasteiger charge is 2.28. The van der Waals surface area contributed by atoms with Crippen LogP contribution in [0.3, 0.4) is 0 Å². The third-order valence-corrected chi connectivity index (χ3v) is 7.44. The zero-order valence-electron chi connectivity index (χ0n) is 21.9. The lowest BCUT2D eigenvalue weighted by molar-refractivity contribution is 0.0303. The summed E-state index contributed by atoms with van der Waals surface area (Å²) in [5.74, 6) is -0.446. The van der Waals surface area contributed by atoms with Crippen LogP contribution in [-0.4, -0.2) is 80.0 Å². The van der Waals surface area contributed by atoms with Crippen molar-refractivity contribution in [1.82, 2.24) is 9.80 Å². The molecule has 0 unspecified atom stereocenters. The van der Waals surface area contributed by atoms with E-state index in [0.717, 1.165) is 11.3 Å². The number of ether oxygens (including phenoxy) is 1. The van der Waals surface area contributed by atoms with Crippen molar-refractivity contribution >= 4 is 40.7 Å². The molecule has 3 aromatic carbocycles. The zero-order chi connectivity index (χ0) is 27.4. The highest BCUT2D eigenvalue weighted by molar-refractivity contribution is 6.34. The molecule has 3 aromatic rings. The van der Waals surface area contributed by atoms with Crippen molar-refractivity contribution in [2.24, 2.45) is 0 Å². The molecule has 2 saturated heterocycles. The van der Waals surface area contributed by atoms with Gasteiger partial charge >= 0.3 is 0 Å². The van der Waals surface area contributed by atoms with E-state index in [-0.39, 0.29) is 17.7 Å². The topological polar surface area (TPSA) is 82.2 Å². The number of carbonyl (C=O) groups is 3. The van der Waals surface area contributed by atoms with Crippen molar-refractivity contribution in [2.45, 2.75) is 6.92 Å². The molecule has 0 atom stereocenters. The molecule has 2 fully saturated rings. The van der Waals surface area contributed by atoms with Gasteiger partial charge in [0.05, 0.1) is 29.4 Å². The lowest BCUT2D eigenvalue weighted by atomic mass is 10.1. The van der Waals surface area contributed by atoms with Gasteiger partial charge in [-0.25, -0.2) is 0 Å². The molecule has 39 heavy (non-hydrogen) atoms. The van der Waals surface area contributed by atoms with Crippen LogP contribution in [0.1, 0.15) is 36.6 Å². The van der Waals surface area contributed by atoms with Crippen molar-refractivity contribution in [3.63, 3.8) is 0 Å². The van der Waals surface area contributed by atoms with E-state index < -0.39 is 0 Å². The summed E-state index contributed by atoms with van der Waals surface area (Å²) < 4.78 is 5.43. The van der Waals surface area contributed by atoms with E-state index in [2.05, 4.69) is 10.2 Å². The molecular weight excluding hydrogens is 516 g/mol. The number of rotatable bonds is 5. The van der Waals surface area contributed by atoms with Gasteiger partial charge in [0.15, 0.2) is 0 Å². The van der Waals surface area contributed by atoms with Gasteiger partial charge in [0.25, 0.3) is 17.7 Å². The number of carbonyl (C=O) groups excluding carboxylic acids is 3. The van der Waals surface area contributed by atoms with Gasteiger partial charge in [-0.15, -0.1) is 0 Å². The quantitative estimate of drug-likeness (QED) is 0.515. The minimum absolute atomic E-state index is 0.0110. The number of benzene rings is 3. The Morgan fingerprint density at radius 3 is 2.13 bits per heavy atom. The van der Waals surface area contributed by atoms with E-state index in [0.29, 0.717) is 79.9 Å². The van der Waals surface area contributed by atoms with Gasteiger partial charge in [-0.2, -0.15) is 0 Å². The third-order valence-electron chi connectivity index (χ3n) is 7.11. The van der Waals surface area contributed by atoms with Crippen LogP contribution in [0.5, 0.6) is 0 Å². The summed E-state index contributed by atoms with van der Waals surface area (Å²) in [4.78, 5) is 45.3. The van der Waals surface area contributed by atoms with E-state index in [4.69, 9.17) is 16.3 Å². The Morgan fingerprint density at radius 1 is 0.769 bits per heavy atom. The summed E-state index contributed by atoms with van der Waals surface area (Å²) in [6.07, 6.45) is 0. The fourth-order valence-electron chi connectivity index (χ4n) is 4.87. The first-order valence-electron chi connectivity index (χ1n) is 13.1. The maximum Gasteiger partial charge on any atom is 0.257 e. The number of aryl methyl sites for hydroxylation is 1. The van der Waals surface area contributed by atoms with E-state index >= 15 is 0 Å². The molecule has 0 aromatic heterocycles. The Morgan fingerprint density at radius 2 is 1.44 bits per heavy atom. The van der Waals surface area contributed by atoms with Crippen molar-refractivity contribution in [2.75, 3.05) is 62.7 Å². The molecule has 2 aliphatic heterocycles. The summed E-state index contributed by atoms with van der Waals surface area (Å²) in [5.41, 5.74) is 3.94. The smallest absolute Gasteiger partial charge is 0.257 e. The predicted molar refractivity (Wildman–Crippen MR) is 152 cm³/mol. The minimum Gasteiger partial charge on any atom is -0.378 e.